The third kappa shape index (κ3) is 2.68. The first kappa shape index (κ1) is 13.8. The Balaban J connectivity index is 1.73. The molecule has 1 aromatic heterocycles. The van der Waals surface area contributed by atoms with E-state index in [0.717, 1.165) is 24.2 Å². The Bertz CT molecular complexity index is 663. The molecule has 1 aromatic carbocycles. The van der Waals surface area contributed by atoms with Gasteiger partial charge in [-0.15, -0.1) is 0 Å². The van der Waals surface area contributed by atoms with Crippen molar-refractivity contribution in [3.63, 3.8) is 0 Å². The van der Waals surface area contributed by atoms with Gasteiger partial charge in [0.25, 0.3) is 5.91 Å². The second-order valence-electron chi connectivity index (χ2n) is 5.59. The Labute approximate surface area is 123 Å². The number of halogens is 1. The molecule has 2 heterocycles. The second-order valence-corrected chi connectivity index (χ2v) is 5.59. The fourth-order valence-corrected chi connectivity index (χ4v) is 2.93. The number of carbonyl (C=O) groups excluding carboxylic acids is 1. The average Bonchev–Trinajstić information content (AvgIpc) is 3.06. The van der Waals surface area contributed by atoms with Crippen LogP contribution in [-0.2, 0) is 7.05 Å². The molecule has 0 unspecified atom stereocenters. The molecule has 1 amide bonds. The highest BCUT2D eigenvalue weighted by Gasteiger charge is 2.29. The molecule has 0 bridgehead atoms. The summed E-state index contributed by atoms with van der Waals surface area (Å²) in [6, 6.07) is 6.57. The third-order valence-electron chi connectivity index (χ3n) is 4.06. The third-order valence-corrected chi connectivity index (χ3v) is 4.06. The molecule has 3 rings (SSSR count). The van der Waals surface area contributed by atoms with Crippen LogP contribution in [0.3, 0.4) is 0 Å². The van der Waals surface area contributed by atoms with Gasteiger partial charge in [-0.05, 0) is 31.0 Å². The van der Waals surface area contributed by atoms with E-state index < -0.39 is 0 Å². The molecule has 4 nitrogen and oxygen atoms in total. The van der Waals surface area contributed by atoms with Crippen molar-refractivity contribution in [3.8, 4) is 0 Å². The Morgan fingerprint density at radius 2 is 2.05 bits per heavy atom. The minimum atomic E-state index is -0.226. The summed E-state index contributed by atoms with van der Waals surface area (Å²) in [6.45, 7) is 3.26. The summed E-state index contributed by atoms with van der Waals surface area (Å²) >= 11 is 0. The highest BCUT2D eigenvalue weighted by molar-refractivity contribution is 5.95. The van der Waals surface area contributed by atoms with Crippen LogP contribution in [0.4, 0.5) is 4.39 Å². The first-order chi connectivity index (χ1) is 10.0. The molecule has 1 aliphatic rings. The van der Waals surface area contributed by atoms with Crippen LogP contribution < -0.4 is 0 Å². The predicted octanol–water partition coefficient (Wildman–Crippen LogP) is 2.50. The maximum absolute atomic E-state index is 13.0. The number of hydrogen-bond donors (Lipinski definition) is 0. The fourth-order valence-electron chi connectivity index (χ4n) is 2.93. The standard InChI is InChI=1S/C16H18FN3O/c1-11-15(10-19(2)18-11)16(21)20-8-7-13(9-20)12-3-5-14(17)6-4-12/h3-6,10,13H,7-9H2,1-2H3/t13-/m1/s1. The van der Waals surface area contributed by atoms with Crippen LogP contribution in [0.5, 0.6) is 0 Å². The van der Waals surface area contributed by atoms with E-state index in [9.17, 15) is 9.18 Å². The van der Waals surface area contributed by atoms with E-state index in [1.807, 2.05) is 31.0 Å². The van der Waals surface area contributed by atoms with Crippen molar-refractivity contribution in [2.75, 3.05) is 13.1 Å². The molecule has 1 saturated heterocycles. The number of carbonyl (C=O) groups is 1. The van der Waals surface area contributed by atoms with Gasteiger partial charge in [-0.1, -0.05) is 12.1 Å². The summed E-state index contributed by atoms with van der Waals surface area (Å²) in [4.78, 5) is 14.4. The summed E-state index contributed by atoms with van der Waals surface area (Å²) in [5, 5.41) is 4.22. The van der Waals surface area contributed by atoms with Crippen molar-refractivity contribution in [1.82, 2.24) is 14.7 Å². The van der Waals surface area contributed by atoms with Crippen molar-refractivity contribution in [2.24, 2.45) is 7.05 Å². The molecule has 0 saturated carbocycles. The van der Waals surface area contributed by atoms with Crippen molar-refractivity contribution < 1.29 is 9.18 Å². The molecular weight excluding hydrogens is 269 g/mol. The Morgan fingerprint density at radius 3 is 2.67 bits per heavy atom. The molecule has 1 atom stereocenters. The number of aromatic nitrogens is 2. The predicted molar refractivity (Wildman–Crippen MR) is 77.6 cm³/mol. The van der Waals surface area contributed by atoms with E-state index in [-0.39, 0.29) is 17.6 Å². The molecule has 2 aromatic rings. The van der Waals surface area contributed by atoms with Crippen LogP contribution in [0.1, 0.15) is 34.0 Å². The smallest absolute Gasteiger partial charge is 0.257 e. The number of aryl methyl sites for hydroxylation is 2. The zero-order valence-electron chi connectivity index (χ0n) is 12.2. The number of benzene rings is 1. The lowest BCUT2D eigenvalue weighted by atomic mass is 9.99. The van der Waals surface area contributed by atoms with Gasteiger partial charge in [0, 0.05) is 32.3 Å². The van der Waals surface area contributed by atoms with Gasteiger partial charge in [-0.2, -0.15) is 5.10 Å². The van der Waals surface area contributed by atoms with Gasteiger partial charge in [-0.25, -0.2) is 4.39 Å². The number of nitrogens with zero attached hydrogens (tertiary/aromatic N) is 3. The molecule has 0 aliphatic carbocycles. The van der Waals surface area contributed by atoms with Gasteiger partial charge < -0.3 is 4.90 Å². The molecule has 1 fully saturated rings. The van der Waals surface area contributed by atoms with E-state index in [4.69, 9.17) is 0 Å². The quantitative estimate of drug-likeness (QED) is 0.851. The Morgan fingerprint density at radius 1 is 1.33 bits per heavy atom. The summed E-state index contributed by atoms with van der Waals surface area (Å²) in [5.41, 5.74) is 2.51. The summed E-state index contributed by atoms with van der Waals surface area (Å²) in [5.74, 6) is 0.0902. The number of rotatable bonds is 2. The normalized spacial score (nSPS) is 18.2. The topological polar surface area (TPSA) is 38.1 Å². The monoisotopic (exact) mass is 287 g/mol. The van der Waals surface area contributed by atoms with Crippen LogP contribution >= 0.6 is 0 Å². The molecule has 110 valence electrons. The van der Waals surface area contributed by atoms with Crippen molar-refractivity contribution >= 4 is 5.91 Å². The summed E-state index contributed by atoms with van der Waals surface area (Å²) in [6.07, 6.45) is 2.68. The molecular formula is C16H18FN3O. The Kier molecular flexibility index (Phi) is 3.49. The van der Waals surface area contributed by atoms with E-state index in [2.05, 4.69) is 5.10 Å². The van der Waals surface area contributed by atoms with Crippen molar-refractivity contribution in [3.05, 3.63) is 53.1 Å². The summed E-state index contributed by atoms with van der Waals surface area (Å²) < 4.78 is 14.6. The first-order valence-corrected chi connectivity index (χ1v) is 7.09. The van der Waals surface area contributed by atoms with Crippen LogP contribution in [0.2, 0.25) is 0 Å². The van der Waals surface area contributed by atoms with E-state index in [0.29, 0.717) is 12.1 Å². The van der Waals surface area contributed by atoms with Crippen LogP contribution in [0, 0.1) is 12.7 Å². The fraction of sp³-hybridized carbons (Fsp3) is 0.375. The van der Waals surface area contributed by atoms with E-state index in [1.165, 1.54) is 12.1 Å². The second kappa shape index (κ2) is 5.31. The first-order valence-electron chi connectivity index (χ1n) is 7.09. The molecule has 0 radical (unpaired) electrons. The minimum Gasteiger partial charge on any atom is -0.338 e. The largest absolute Gasteiger partial charge is 0.338 e. The average molecular weight is 287 g/mol. The van der Waals surface area contributed by atoms with Crippen molar-refractivity contribution in [2.45, 2.75) is 19.3 Å². The number of amides is 1. The molecule has 5 heteroatoms. The maximum Gasteiger partial charge on any atom is 0.257 e. The van der Waals surface area contributed by atoms with E-state index in [1.54, 1.807) is 10.9 Å². The number of hydrogen-bond acceptors (Lipinski definition) is 2. The van der Waals surface area contributed by atoms with Gasteiger partial charge in [-0.3, -0.25) is 9.48 Å². The van der Waals surface area contributed by atoms with Gasteiger partial charge >= 0.3 is 0 Å². The molecule has 0 N–H and O–H groups in total. The minimum absolute atomic E-state index is 0.0326. The lowest BCUT2D eigenvalue weighted by Crippen LogP contribution is -2.28. The highest BCUT2D eigenvalue weighted by Crippen LogP contribution is 2.28. The number of likely N-dealkylation sites (tertiary alicyclic amines) is 1. The maximum atomic E-state index is 13.0. The van der Waals surface area contributed by atoms with Crippen molar-refractivity contribution in [1.29, 1.82) is 0 Å². The van der Waals surface area contributed by atoms with Crippen LogP contribution in [0.15, 0.2) is 30.5 Å². The van der Waals surface area contributed by atoms with Gasteiger partial charge in [0.15, 0.2) is 0 Å². The van der Waals surface area contributed by atoms with Gasteiger partial charge in [0.05, 0.1) is 11.3 Å². The SMILES string of the molecule is Cc1nn(C)cc1C(=O)N1CC[C@@H](c2ccc(F)cc2)C1. The summed E-state index contributed by atoms with van der Waals surface area (Å²) in [7, 11) is 1.81. The molecule has 1 aliphatic heterocycles. The van der Waals surface area contributed by atoms with Gasteiger partial charge in [0.1, 0.15) is 5.82 Å². The van der Waals surface area contributed by atoms with Crippen LogP contribution in [0.25, 0.3) is 0 Å². The molecule has 0 spiro atoms. The zero-order valence-corrected chi connectivity index (χ0v) is 12.2. The van der Waals surface area contributed by atoms with E-state index >= 15 is 0 Å². The lowest BCUT2D eigenvalue weighted by Gasteiger charge is -2.16. The Hall–Kier alpha value is -2.17. The zero-order chi connectivity index (χ0) is 15.0. The van der Waals surface area contributed by atoms with Gasteiger partial charge in [0.2, 0.25) is 0 Å². The van der Waals surface area contributed by atoms with Crippen LogP contribution in [-0.4, -0.2) is 33.7 Å². The highest BCUT2D eigenvalue weighted by atomic mass is 19.1. The molecule has 21 heavy (non-hydrogen) atoms. The lowest BCUT2D eigenvalue weighted by molar-refractivity contribution is 0.0790.